The molecule has 0 amide bonds. The topological polar surface area (TPSA) is 32.3 Å². The molecule has 1 fully saturated rings. The summed E-state index contributed by atoms with van der Waals surface area (Å²) in [6.45, 7) is 9.10. The lowest BCUT2D eigenvalue weighted by molar-refractivity contribution is 0.164. The zero-order valence-corrected chi connectivity index (χ0v) is 11.2. The van der Waals surface area contributed by atoms with Crippen molar-refractivity contribution in [3.8, 4) is 0 Å². The van der Waals surface area contributed by atoms with E-state index in [9.17, 15) is 5.11 Å². The first-order valence-corrected chi connectivity index (χ1v) is 6.93. The van der Waals surface area contributed by atoms with E-state index in [0.29, 0.717) is 16.5 Å². The van der Waals surface area contributed by atoms with E-state index in [1.54, 1.807) is 0 Å². The van der Waals surface area contributed by atoms with Crippen LogP contribution in [0.3, 0.4) is 0 Å². The van der Waals surface area contributed by atoms with Gasteiger partial charge in [-0.1, -0.05) is 20.8 Å². The maximum Gasteiger partial charge on any atom is 0.0611 e. The predicted molar refractivity (Wildman–Crippen MR) is 68.5 cm³/mol. The molecule has 1 saturated carbocycles. The summed E-state index contributed by atoms with van der Waals surface area (Å²) in [4.78, 5) is 0. The number of nitrogens with one attached hydrogen (secondary N) is 1. The van der Waals surface area contributed by atoms with Gasteiger partial charge in [0.15, 0.2) is 0 Å². The number of aliphatic hydroxyl groups excluding tert-OH is 1. The van der Waals surface area contributed by atoms with E-state index in [2.05, 4.69) is 33.0 Å². The van der Waals surface area contributed by atoms with Crippen LogP contribution in [0.5, 0.6) is 0 Å². The standard InChI is InChI=1S/C12H25NOS/c1-9(2)15-10(3)7-12(4,8-14)13-11-5-6-11/h9-11,13-14H,5-8H2,1-4H3. The fourth-order valence-corrected chi connectivity index (χ4v) is 3.43. The van der Waals surface area contributed by atoms with E-state index in [1.165, 1.54) is 12.8 Å². The lowest BCUT2D eigenvalue weighted by atomic mass is 9.97. The van der Waals surface area contributed by atoms with Crippen molar-refractivity contribution >= 4 is 11.8 Å². The van der Waals surface area contributed by atoms with E-state index in [4.69, 9.17) is 0 Å². The van der Waals surface area contributed by atoms with Crippen LogP contribution in [0.25, 0.3) is 0 Å². The Kier molecular flexibility index (Phi) is 4.94. The minimum atomic E-state index is -0.0809. The first-order valence-electron chi connectivity index (χ1n) is 5.99. The number of thioether (sulfide) groups is 1. The fourth-order valence-electron chi connectivity index (χ4n) is 2.04. The van der Waals surface area contributed by atoms with Gasteiger partial charge in [0.1, 0.15) is 0 Å². The molecular formula is C12H25NOS. The van der Waals surface area contributed by atoms with Gasteiger partial charge in [-0.25, -0.2) is 0 Å². The van der Waals surface area contributed by atoms with E-state index < -0.39 is 0 Å². The van der Waals surface area contributed by atoms with Gasteiger partial charge in [-0.15, -0.1) is 0 Å². The largest absolute Gasteiger partial charge is 0.394 e. The quantitative estimate of drug-likeness (QED) is 0.706. The van der Waals surface area contributed by atoms with Crippen LogP contribution in [0, 0.1) is 0 Å². The van der Waals surface area contributed by atoms with Gasteiger partial charge in [0, 0.05) is 16.8 Å². The van der Waals surface area contributed by atoms with Crippen LogP contribution >= 0.6 is 11.8 Å². The minimum absolute atomic E-state index is 0.0809. The Hall–Kier alpha value is 0.270. The zero-order chi connectivity index (χ0) is 11.5. The normalized spacial score (nSPS) is 22.8. The molecule has 0 saturated heterocycles. The summed E-state index contributed by atoms with van der Waals surface area (Å²) in [5.41, 5.74) is -0.0809. The Morgan fingerprint density at radius 1 is 1.40 bits per heavy atom. The van der Waals surface area contributed by atoms with E-state index >= 15 is 0 Å². The van der Waals surface area contributed by atoms with Crippen molar-refractivity contribution in [3.63, 3.8) is 0 Å². The van der Waals surface area contributed by atoms with Gasteiger partial charge in [0.2, 0.25) is 0 Å². The third-order valence-corrected chi connectivity index (χ3v) is 3.90. The molecular weight excluding hydrogens is 206 g/mol. The molecule has 15 heavy (non-hydrogen) atoms. The summed E-state index contributed by atoms with van der Waals surface area (Å²) in [6, 6.07) is 0.665. The summed E-state index contributed by atoms with van der Waals surface area (Å²) < 4.78 is 0. The SMILES string of the molecule is CC(C)SC(C)CC(C)(CO)NC1CC1. The molecule has 0 aromatic carbocycles. The van der Waals surface area contributed by atoms with Gasteiger partial charge in [0.05, 0.1) is 6.61 Å². The third-order valence-electron chi connectivity index (χ3n) is 2.72. The molecule has 0 radical (unpaired) electrons. The Balaban J connectivity index is 2.35. The molecule has 0 bridgehead atoms. The van der Waals surface area contributed by atoms with Crippen LogP contribution < -0.4 is 5.32 Å². The van der Waals surface area contributed by atoms with E-state index in [1.807, 2.05) is 11.8 Å². The molecule has 3 heteroatoms. The van der Waals surface area contributed by atoms with Gasteiger partial charge < -0.3 is 10.4 Å². The maximum atomic E-state index is 9.47. The highest BCUT2D eigenvalue weighted by atomic mass is 32.2. The second kappa shape index (κ2) is 5.55. The molecule has 2 atom stereocenters. The van der Waals surface area contributed by atoms with Crippen molar-refractivity contribution in [2.45, 2.75) is 69.0 Å². The van der Waals surface area contributed by atoms with Crippen LogP contribution in [0.4, 0.5) is 0 Å². The van der Waals surface area contributed by atoms with Gasteiger partial charge in [-0.2, -0.15) is 11.8 Å². The molecule has 1 aliphatic rings. The molecule has 0 aromatic heterocycles. The molecule has 1 aliphatic carbocycles. The Morgan fingerprint density at radius 3 is 2.40 bits per heavy atom. The van der Waals surface area contributed by atoms with Crippen molar-refractivity contribution in [2.75, 3.05) is 6.61 Å². The Bertz CT molecular complexity index is 194. The monoisotopic (exact) mass is 231 g/mol. The van der Waals surface area contributed by atoms with Crippen LogP contribution in [0.15, 0.2) is 0 Å². The molecule has 0 aromatic rings. The highest BCUT2D eigenvalue weighted by Gasteiger charge is 2.33. The van der Waals surface area contributed by atoms with Crippen molar-refractivity contribution in [1.82, 2.24) is 5.32 Å². The van der Waals surface area contributed by atoms with Gasteiger partial charge in [-0.05, 0) is 31.4 Å². The average Bonchev–Trinajstić information content (AvgIpc) is 2.86. The molecule has 2 N–H and O–H groups in total. The highest BCUT2D eigenvalue weighted by molar-refractivity contribution is 8.00. The van der Waals surface area contributed by atoms with Crippen molar-refractivity contribution in [3.05, 3.63) is 0 Å². The van der Waals surface area contributed by atoms with Crippen molar-refractivity contribution < 1.29 is 5.11 Å². The van der Waals surface area contributed by atoms with Crippen LogP contribution in [0.2, 0.25) is 0 Å². The first-order chi connectivity index (χ1) is 6.95. The zero-order valence-electron chi connectivity index (χ0n) is 10.4. The van der Waals surface area contributed by atoms with E-state index in [-0.39, 0.29) is 12.1 Å². The molecule has 0 aliphatic heterocycles. The number of aliphatic hydroxyl groups is 1. The van der Waals surface area contributed by atoms with Crippen LogP contribution in [0.1, 0.15) is 47.0 Å². The number of rotatable bonds is 7. The second-order valence-electron chi connectivity index (χ2n) is 5.34. The molecule has 1 rings (SSSR count). The summed E-state index contributed by atoms with van der Waals surface area (Å²) in [5.74, 6) is 0. The molecule has 0 spiro atoms. The summed E-state index contributed by atoms with van der Waals surface area (Å²) in [6.07, 6.45) is 3.60. The maximum absolute atomic E-state index is 9.47. The lowest BCUT2D eigenvalue weighted by Crippen LogP contribution is -2.48. The van der Waals surface area contributed by atoms with Crippen molar-refractivity contribution in [1.29, 1.82) is 0 Å². The minimum Gasteiger partial charge on any atom is -0.394 e. The third kappa shape index (κ3) is 5.23. The van der Waals surface area contributed by atoms with Crippen molar-refractivity contribution in [2.24, 2.45) is 0 Å². The highest BCUT2D eigenvalue weighted by Crippen LogP contribution is 2.28. The summed E-state index contributed by atoms with van der Waals surface area (Å²) >= 11 is 1.99. The molecule has 2 unspecified atom stereocenters. The van der Waals surface area contributed by atoms with Crippen LogP contribution in [-0.4, -0.2) is 33.8 Å². The predicted octanol–water partition coefficient (Wildman–Crippen LogP) is 2.41. The Labute approximate surface area is 98.2 Å². The number of hydrogen-bond donors (Lipinski definition) is 2. The smallest absolute Gasteiger partial charge is 0.0611 e. The van der Waals surface area contributed by atoms with Gasteiger partial charge in [-0.3, -0.25) is 0 Å². The van der Waals surface area contributed by atoms with E-state index in [0.717, 1.165) is 6.42 Å². The lowest BCUT2D eigenvalue weighted by Gasteiger charge is -2.32. The fraction of sp³-hybridized carbons (Fsp3) is 1.00. The first kappa shape index (κ1) is 13.3. The molecule has 90 valence electrons. The Morgan fingerprint density at radius 2 is 2.00 bits per heavy atom. The summed E-state index contributed by atoms with van der Waals surface area (Å²) in [5, 5.41) is 14.3. The molecule has 2 nitrogen and oxygen atoms in total. The average molecular weight is 231 g/mol. The summed E-state index contributed by atoms with van der Waals surface area (Å²) in [7, 11) is 0. The van der Waals surface area contributed by atoms with Gasteiger partial charge in [0.25, 0.3) is 0 Å². The molecule has 0 heterocycles. The second-order valence-corrected chi connectivity index (χ2v) is 7.36. The number of hydrogen-bond acceptors (Lipinski definition) is 3. The van der Waals surface area contributed by atoms with Crippen LogP contribution in [-0.2, 0) is 0 Å². The van der Waals surface area contributed by atoms with Gasteiger partial charge >= 0.3 is 0 Å².